The Morgan fingerprint density at radius 3 is 2.14 bits per heavy atom. The molecule has 0 heterocycles. The molecule has 0 fully saturated rings. The second-order valence-corrected chi connectivity index (χ2v) is 5.54. The van der Waals surface area contributed by atoms with Crippen LogP contribution in [0.25, 0.3) is 0 Å². The Kier molecular flexibility index (Phi) is 7.09. The highest BCUT2D eigenvalue weighted by molar-refractivity contribution is 5.71. The molecule has 0 rings (SSSR count). The molecule has 0 aliphatic heterocycles. The van der Waals surface area contributed by atoms with E-state index in [9.17, 15) is 9.18 Å². The van der Waals surface area contributed by atoms with Crippen molar-refractivity contribution in [3.8, 4) is 0 Å². The van der Waals surface area contributed by atoms with E-state index < -0.39 is 17.5 Å². The van der Waals surface area contributed by atoms with Crippen molar-refractivity contribution >= 4 is 6.09 Å². The summed E-state index contributed by atoms with van der Waals surface area (Å²) in [6.45, 7) is 19.4. The van der Waals surface area contributed by atoms with E-state index in [-0.39, 0.29) is 11.4 Å². The summed E-state index contributed by atoms with van der Waals surface area (Å²) in [5, 5.41) is 2.42. The number of amides is 1. The molecular formula is C17H23FN2O2. The van der Waals surface area contributed by atoms with Gasteiger partial charge in [0, 0.05) is 0 Å². The fourth-order valence-corrected chi connectivity index (χ4v) is 1.16. The molecule has 0 unspecified atom stereocenters. The molecule has 0 bridgehead atoms. The summed E-state index contributed by atoms with van der Waals surface area (Å²) in [5.41, 5.74) is 6.42. The van der Waals surface area contributed by atoms with Gasteiger partial charge >= 0.3 is 6.09 Å². The minimum atomic E-state index is -0.660. The zero-order valence-electron chi connectivity index (χ0n) is 13.3. The lowest BCUT2D eigenvalue weighted by atomic mass is 10.1. The molecule has 22 heavy (non-hydrogen) atoms. The van der Waals surface area contributed by atoms with Crippen LogP contribution in [0.4, 0.5) is 9.18 Å². The molecule has 0 radical (unpaired) electrons. The summed E-state index contributed by atoms with van der Waals surface area (Å²) in [6, 6.07) is 0. The van der Waals surface area contributed by atoms with E-state index in [4.69, 9.17) is 10.5 Å². The molecule has 4 nitrogen and oxygen atoms in total. The number of rotatable bonds is 6. The monoisotopic (exact) mass is 306 g/mol. The molecule has 0 spiro atoms. The minimum Gasteiger partial charge on any atom is -0.444 e. The maximum absolute atomic E-state index is 12.5. The van der Waals surface area contributed by atoms with Gasteiger partial charge in [-0.1, -0.05) is 32.4 Å². The van der Waals surface area contributed by atoms with E-state index in [0.717, 1.165) is 6.08 Å². The number of hydrogen-bond acceptors (Lipinski definition) is 3. The van der Waals surface area contributed by atoms with E-state index in [1.165, 1.54) is 12.2 Å². The Morgan fingerprint density at radius 1 is 1.14 bits per heavy atom. The van der Waals surface area contributed by atoms with E-state index in [0.29, 0.717) is 11.1 Å². The Balaban J connectivity index is 4.74. The summed E-state index contributed by atoms with van der Waals surface area (Å²) in [7, 11) is 0. The summed E-state index contributed by atoms with van der Waals surface area (Å²) in [4.78, 5) is 11.6. The number of ether oxygens (including phenoxy) is 1. The van der Waals surface area contributed by atoms with Crippen LogP contribution in [0.15, 0.2) is 72.9 Å². The number of nitrogens with two attached hydrogens (primary N) is 1. The van der Waals surface area contributed by atoms with Crippen molar-refractivity contribution in [3.63, 3.8) is 0 Å². The molecule has 5 heteroatoms. The van der Waals surface area contributed by atoms with Crippen LogP contribution < -0.4 is 11.1 Å². The van der Waals surface area contributed by atoms with Gasteiger partial charge in [0.15, 0.2) is 0 Å². The molecule has 0 aliphatic rings. The van der Waals surface area contributed by atoms with Gasteiger partial charge < -0.3 is 10.5 Å². The predicted molar refractivity (Wildman–Crippen MR) is 88.4 cm³/mol. The number of halogens is 1. The van der Waals surface area contributed by atoms with Crippen LogP contribution >= 0.6 is 0 Å². The molecule has 0 aromatic carbocycles. The third-order valence-corrected chi connectivity index (χ3v) is 2.21. The van der Waals surface area contributed by atoms with Gasteiger partial charge in [-0.2, -0.15) is 0 Å². The van der Waals surface area contributed by atoms with Gasteiger partial charge in [-0.25, -0.2) is 9.18 Å². The maximum atomic E-state index is 12.5. The highest BCUT2D eigenvalue weighted by atomic mass is 19.1. The molecule has 0 aromatic rings. The van der Waals surface area contributed by atoms with Crippen LogP contribution in [-0.4, -0.2) is 11.7 Å². The molecule has 0 saturated carbocycles. The molecule has 3 N–H and O–H groups in total. The third-order valence-electron chi connectivity index (χ3n) is 2.21. The molecule has 0 aromatic heterocycles. The molecule has 1 amide bonds. The van der Waals surface area contributed by atoms with Crippen LogP contribution in [0.5, 0.6) is 0 Å². The van der Waals surface area contributed by atoms with Crippen LogP contribution in [0, 0.1) is 0 Å². The van der Waals surface area contributed by atoms with Gasteiger partial charge in [0.2, 0.25) is 0 Å². The van der Waals surface area contributed by atoms with Crippen molar-refractivity contribution in [2.75, 3.05) is 0 Å². The minimum absolute atomic E-state index is 0.169. The Labute approximate surface area is 131 Å². The van der Waals surface area contributed by atoms with Gasteiger partial charge in [0.25, 0.3) is 0 Å². The molecule has 0 saturated heterocycles. The first kappa shape index (κ1) is 19.4. The van der Waals surface area contributed by atoms with Crippen molar-refractivity contribution in [1.82, 2.24) is 5.32 Å². The largest absolute Gasteiger partial charge is 0.444 e. The maximum Gasteiger partial charge on any atom is 0.412 e. The summed E-state index contributed by atoms with van der Waals surface area (Å²) >= 11 is 0. The highest BCUT2D eigenvalue weighted by Crippen LogP contribution is 2.13. The first-order valence-corrected chi connectivity index (χ1v) is 6.49. The summed E-state index contributed by atoms with van der Waals surface area (Å²) < 4.78 is 17.6. The Bertz CT molecular complexity index is 564. The number of allylic oxidation sites excluding steroid dienone is 6. The smallest absolute Gasteiger partial charge is 0.412 e. The number of carbonyl (C=O) groups is 1. The first-order valence-electron chi connectivity index (χ1n) is 6.49. The van der Waals surface area contributed by atoms with Crippen LogP contribution in [0.1, 0.15) is 20.8 Å². The van der Waals surface area contributed by atoms with Crippen molar-refractivity contribution in [2.24, 2.45) is 5.73 Å². The second-order valence-electron chi connectivity index (χ2n) is 5.54. The normalized spacial score (nSPS) is 11.9. The molecular weight excluding hydrogens is 283 g/mol. The van der Waals surface area contributed by atoms with Crippen molar-refractivity contribution in [1.29, 1.82) is 0 Å². The van der Waals surface area contributed by atoms with Gasteiger partial charge in [-0.05, 0) is 44.1 Å². The average Bonchev–Trinajstić information content (AvgIpc) is 2.32. The van der Waals surface area contributed by atoms with Gasteiger partial charge in [0.05, 0.1) is 11.4 Å². The molecule has 0 aliphatic carbocycles. The number of alkyl carbamates (subject to hydrolysis) is 1. The van der Waals surface area contributed by atoms with Crippen LogP contribution in [-0.2, 0) is 4.74 Å². The predicted octanol–water partition coefficient (Wildman–Crippen LogP) is 4.02. The lowest BCUT2D eigenvalue weighted by molar-refractivity contribution is 0.0547. The van der Waals surface area contributed by atoms with Gasteiger partial charge in [-0.3, -0.25) is 5.32 Å². The lowest BCUT2D eigenvalue weighted by Crippen LogP contribution is -2.33. The Morgan fingerprint density at radius 2 is 1.68 bits per heavy atom. The van der Waals surface area contributed by atoms with Crippen molar-refractivity contribution < 1.29 is 13.9 Å². The van der Waals surface area contributed by atoms with E-state index in [1.54, 1.807) is 20.8 Å². The van der Waals surface area contributed by atoms with Crippen molar-refractivity contribution in [3.05, 3.63) is 72.9 Å². The number of carbonyl (C=O) groups excluding carboxylic acids is 1. The number of hydrogen-bond donors (Lipinski definition) is 2. The molecule has 120 valence electrons. The SMILES string of the molecule is C=C(F)/C=C\C(=C)C(=C)/C=C(/N)C(=C)NC(=O)OC(C)(C)C. The van der Waals surface area contributed by atoms with Gasteiger partial charge in [-0.15, -0.1) is 0 Å². The highest BCUT2D eigenvalue weighted by Gasteiger charge is 2.16. The summed E-state index contributed by atoms with van der Waals surface area (Å²) in [6.07, 6.45) is 3.38. The zero-order valence-corrected chi connectivity index (χ0v) is 13.3. The van der Waals surface area contributed by atoms with E-state index >= 15 is 0 Å². The quantitative estimate of drug-likeness (QED) is 0.728. The standard InChI is InChI=1S/C17H23FN2O2/c1-11(8-9-13(3)18)12(2)10-15(19)14(4)20-16(21)22-17(5,6)7/h8-10H,1-4,19H2,5-7H3,(H,20,21)/b9-8-,15-10+. The van der Waals surface area contributed by atoms with Crippen molar-refractivity contribution in [2.45, 2.75) is 26.4 Å². The van der Waals surface area contributed by atoms with E-state index in [2.05, 4.69) is 31.6 Å². The average molecular weight is 306 g/mol. The summed E-state index contributed by atoms with van der Waals surface area (Å²) in [5.74, 6) is -0.595. The zero-order chi connectivity index (χ0) is 17.5. The third kappa shape index (κ3) is 8.58. The number of nitrogens with one attached hydrogen (secondary N) is 1. The second kappa shape index (κ2) is 8.02. The van der Waals surface area contributed by atoms with Crippen LogP contribution in [0.2, 0.25) is 0 Å². The lowest BCUT2D eigenvalue weighted by Gasteiger charge is -2.20. The van der Waals surface area contributed by atoms with Gasteiger partial charge in [0.1, 0.15) is 11.4 Å². The topological polar surface area (TPSA) is 64.3 Å². The fourth-order valence-electron chi connectivity index (χ4n) is 1.16. The van der Waals surface area contributed by atoms with E-state index in [1.807, 2.05) is 0 Å². The fraction of sp³-hybridized carbons (Fsp3) is 0.235. The Hall–Kier alpha value is -2.56. The molecule has 0 atom stereocenters. The first-order chi connectivity index (χ1) is 9.92. The van der Waals surface area contributed by atoms with Crippen LogP contribution in [0.3, 0.4) is 0 Å².